The fraction of sp³-hybridized carbons (Fsp3) is 0.368. The van der Waals surface area contributed by atoms with Gasteiger partial charge in [-0.3, -0.25) is 4.79 Å². The normalized spacial score (nSPS) is 24.0. The predicted molar refractivity (Wildman–Crippen MR) is 91.6 cm³/mol. The summed E-state index contributed by atoms with van der Waals surface area (Å²) in [6, 6.07) is 8.75. The molecule has 2 fully saturated rings. The molecule has 2 aliphatic rings. The number of alkyl halides is 3. The number of rotatable bonds is 4. The Morgan fingerprint density at radius 3 is 2.41 bits per heavy atom. The molecule has 5 nitrogen and oxygen atoms in total. The Bertz CT molecular complexity index is 822. The lowest BCUT2D eigenvalue weighted by Gasteiger charge is -2.23. The van der Waals surface area contributed by atoms with E-state index in [0.717, 1.165) is 38.3 Å². The zero-order valence-corrected chi connectivity index (χ0v) is 14.4. The largest absolute Gasteiger partial charge is 0.456 e. The summed E-state index contributed by atoms with van der Waals surface area (Å²) in [5.41, 5.74) is -0.454. The van der Waals surface area contributed by atoms with Gasteiger partial charge < -0.3 is 15.0 Å². The molecule has 3 heterocycles. The standard InChI is InChI=1S/C19H18F3N3O2/c20-19(21,22)17-6-5-15(9-23-17)27-14-3-1-12(2-4-14)18(26)24-16-11-25-8-7-13(16)10-25/h1-6,9,13,16H,7-8,10-11H2,(H,24,26). The van der Waals surface area contributed by atoms with E-state index in [1.807, 2.05) is 0 Å². The number of benzene rings is 1. The molecule has 1 aromatic heterocycles. The van der Waals surface area contributed by atoms with Crippen molar-refractivity contribution in [2.75, 3.05) is 19.6 Å². The minimum atomic E-state index is -4.48. The van der Waals surface area contributed by atoms with Gasteiger partial charge in [0.2, 0.25) is 0 Å². The lowest BCUT2D eigenvalue weighted by molar-refractivity contribution is -0.141. The van der Waals surface area contributed by atoms with Gasteiger partial charge in [-0.25, -0.2) is 4.98 Å². The number of carbonyl (C=O) groups excluding carboxylic acids is 1. The molecule has 8 heteroatoms. The van der Waals surface area contributed by atoms with Gasteiger partial charge in [-0.15, -0.1) is 0 Å². The van der Waals surface area contributed by atoms with Gasteiger partial charge in [-0.1, -0.05) is 0 Å². The van der Waals surface area contributed by atoms with Crippen LogP contribution in [0.1, 0.15) is 22.5 Å². The maximum absolute atomic E-state index is 12.5. The molecule has 1 amide bonds. The third-order valence-electron chi connectivity index (χ3n) is 5.03. The molecule has 27 heavy (non-hydrogen) atoms. The molecule has 4 rings (SSSR count). The minimum Gasteiger partial charge on any atom is -0.456 e. The number of hydrogen-bond acceptors (Lipinski definition) is 4. The molecule has 1 N–H and O–H groups in total. The van der Waals surface area contributed by atoms with Crippen LogP contribution in [0.5, 0.6) is 11.5 Å². The predicted octanol–water partition coefficient (Wildman–Crippen LogP) is 3.33. The summed E-state index contributed by atoms with van der Waals surface area (Å²) in [4.78, 5) is 18.1. The van der Waals surface area contributed by atoms with E-state index in [4.69, 9.17) is 4.74 Å². The van der Waals surface area contributed by atoms with Crippen LogP contribution in [0.25, 0.3) is 0 Å². The molecule has 2 aliphatic heterocycles. The number of nitrogens with one attached hydrogen (secondary N) is 1. The lowest BCUT2D eigenvalue weighted by Crippen LogP contribution is -2.43. The number of piperidine rings is 1. The highest BCUT2D eigenvalue weighted by molar-refractivity contribution is 5.94. The van der Waals surface area contributed by atoms with Gasteiger partial charge in [-0.2, -0.15) is 13.2 Å². The summed E-state index contributed by atoms with van der Waals surface area (Å²) in [7, 11) is 0. The molecule has 0 aliphatic carbocycles. The van der Waals surface area contributed by atoms with E-state index in [9.17, 15) is 18.0 Å². The number of halogens is 3. The van der Waals surface area contributed by atoms with E-state index < -0.39 is 11.9 Å². The maximum atomic E-state index is 12.5. The number of aromatic nitrogens is 1. The molecule has 3 atom stereocenters. The molecule has 0 radical (unpaired) electrons. The number of carbonyl (C=O) groups is 1. The van der Waals surface area contributed by atoms with Crippen molar-refractivity contribution in [2.45, 2.75) is 18.6 Å². The van der Waals surface area contributed by atoms with Gasteiger partial charge in [0, 0.05) is 24.7 Å². The Labute approximate surface area is 154 Å². The zero-order valence-electron chi connectivity index (χ0n) is 14.4. The third-order valence-corrected chi connectivity index (χ3v) is 5.03. The lowest BCUT2D eigenvalue weighted by atomic mass is 9.99. The Morgan fingerprint density at radius 1 is 1.11 bits per heavy atom. The van der Waals surface area contributed by atoms with E-state index in [1.54, 1.807) is 24.3 Å². The number of ether oxygens (including phenoxy) is 1. The first kappa shape index (κ1) is 17.8. The second-order valence-electron chi connectivity index (χ2n) is 6.89. The zero-order chi connectivity index (χ0) is 19.0. The highest BCUT2D eigenvalue weighted by atomic mass is 19.4. The molecule has 1 aromatic carbocycles. The first-order valence-electron chi connectivity index (χ1n) is 8.73. The Morgan fingerprint density at radius 2 is 1.85 bits per heavy atom. The molecular formula is C19H18F3N3O2. The minimum absolute atomic E-state index is 0.128. The highest BCUT2D eigenvalue weighted by Crippen LogP contribution is 2.30. The van der Waals surface area contributed by atoms with Crippen LogP contribution in [0.3, 0.4) is 0 Å². The smallest absolute Gasteiger partial charge is 0.433 e. The van der Waals surface area contributed by atoms with E-state index in [2.05, 4.69) is 15.2 Å². The van der Waals surface area contributed by atoms with Gasteiger partial charge in [0.05, 0.1) is 6.20 Å². The summed E-state index contributed by atoms with van der Waals surface area (Å²) in [6.07, 6.45) is -2.34. The SMILES string of the molecule is O=C(NC1CN2CCC1C2)c1ccc(Oc2ccc(C(F)(F)F)nc2)cc1. The van der Waals surface area contributed by atoms with Crippen LogP contribution in [-0.2, 0) is 6.18 Å². The average Bonchev–Trinajstić information content (AvgIpc) is 3.25. The Kier molecular flexibility index (Phi) is 4.51. The van der Waals surface area contributed by atoms with E-state index in [1.165, 1.54) is 6.07 Å². The van der Waals surface area contributed by atoms with Crippen LogP contribution >= 0.6 is 0 Å². The first-order chi connectivity index (χ1) is 12.9. The van der Waals surface area contributed by atoms with E-state index in [0.29, 0.717) is 17.2 Å². The number of nitrogens with zero attached hydrogens (tertiary/aromatic N) is 2. The van der Waals surface area contributed by atoms with E-state index >= 15 is 0 Å². The summed E-state index contributed by atoms with van der Waals surface area (Å²) in [6.45, 7) is 3.07. The fourth-order valence-corrected chi connectivity index (χ4v) is 3.62. The van der Waals surface area contributed by atoms with Gasteiger partial charge >= 0.3 is 6.18 Å². The second kappa shape index (κ2) is 6.84. The van der Waals surface area contributed by atoms with Crippen LogP contribution in [0.2, 0.25) is 0 Å². The summed E-state index contributed by atoms with van der Waals surface area (Å²) in [5.74, 6) is 1.01. The number of fused-ring (bicyclic) bond motifs is 2. The van der Waals surface area contributed by atoms with Gasteiger partial charge in [0.15, 0.2) is 0 Å². The molecule has 0 saturated carbocycles. The molecular weight excluding hydrogens is 359 g/mol. The molecule has 0 spiro atoms. The van der Waals surface area contributed by atoms with Gasteiger partial charge in [0.25, 0.3) is 5.91 Å². The van der Waals surface area contributed by atoms with Crippen molar-refractivity contribution < 1.29 is 22.7 Å². The number of pyridine rings is 1. The van der Waals surface area contributed by atoms with Crippen molar-refractivity contribution >= 4 is 5.91 Å². The Balaban J connectivity index is 1.36. The molecule has 2 bridgehead atoms. The molecule has 2 aromatic rings. The van der Waals surface area contributed by atoms with E-state index in [-0.39, 0.29) is 17.7 Å². The van der Waals surface area contributed by atoms with Crippen LogP contribution < -0.4 is 10.1 Å². The van der Waals surface area contributed by atoms with Gasteiger partial charge in [-0.05, 0) is 55.3 Å². The third kappa shape index (κ3) is 3.90. The van der Waals surface area contributed by atoms with Crippen LogP contribution in [0, 0.1) is 5.92 Å². The van der Waals surface area contributed by atoms with Crippen molar-refractivity contribution in [3.8, 4) is 11.5 Å². The van der Waals surface area contributed by atoms with Gasteiger partial charge in [0.1, 0.15) is 17.2 Å². The maximum Gasteiger partial charge on any atom is 0.433 e. The fourth-order valence-electron chi connectivity index (χ4n) is 3.62. The molecule has 2 saturated heterocycles. The monoisotopic (exact) mass is 377 g/mol. The highest BCUT2D eigenvalue weighted by Gasteiger charge is 2.38. The summed E-state index contributed by atoms with van der Waals surface area (Å²) >= 11 is 0. The second-order valence-corrected chi connectivity index (χ2v) is 6.89. The summed E-state index contributed by atoms with van der Waals surface area (Å²) < 4.78 is 43.0. The molecule has 142 valence electrons. The quantitative estimate of drug-likeness (QED) is 0.888. The first-order valence-corrected chi connectivity index (χ1v) is 8.73. The topological polar surface area (TPSA) is 54.5 Å². The van der Waals surface area contributed by atoms with Crippen LogP contribution in [-0.4, -0.2) is 41.5 Å². The Hall–Kier alpha value is -2.61. The molecule has 3 unspecified atom stereocenters. The van der Waals surface area contributed by atoms with Crippen molar-refractivity contribution in [1.29, 1.82) is 0 Å². The van der Waals surface area contributed by atoms with Crippen molar-refractivity contribution in [1.82, 2.24) is 15.2 Å². The van der Waals surface area contributed by atoms with Crippen molar-refractivity contribution in [2.24, 2.45) is 5.92 Å². The van der Waals surface area contributed by atoms with Crippen LogP contribution in [0.4, 0.5) is 13.2 Å². The average molecular weight is 377 g/mol. The number of hydrogen-bond donors (Lipinski definition) is 1. The summed E-state index contributed by atoms with van der Waals surface area (Å²) in [5, 5.41) is 3.08. The van der Waals surface area contributed by atoms with Crippen LogP contribution in [0.15, 0.2) is 42.6 Å². The van der Waals surface area contributed by atoms with Crippen molar-refractivity contribution in [3.63, 3.8) is 0 Å². The van der Waals surface area contributed by atoms with Crippen molar-refractivity contribution in [3.05, 3.63) is 53.9 Å². The number of amides is 1.